The molecular weight excluding hydrogens is 381 g/mol. The first-order valence-electron chi connectivity index (χ1n) is 8.76. The summed E-state index contributed by atoms with van der Waals surface area (Å²) in [6.07, 6.45) is 1.44. The number of carbonyl (C=O) groups excluding carboxylic acids is 1. The summed E-state index contributed by atoms with van der Waals surface area (Å²) in [7, 11) is 0. The summed E-state index contributed by atoms with van der Waals surface area (Å²) >= 11 is 1.30. The molecule has 1 aliphatic rings. The van der Waals surface area contributed by atoms with Crippen LogP contribution >= 0.6 is 11.8 Å². The number of benzene rings is 2. The first-order valence-corrected chi connectivity index (χ1v) is 9.75. The van der Waals surface area contributed by atoms with Crippen molar-refractivity contribution in [1.82, 2.24) is 15.3 Å². The number of thioether (sulfide) groups is 1. The molecule has 1 amide bonds. The van der Waals surface area contributed by atoms with Crippen LogP contribution in [0.4, 0.5) is 4.39 Å². The number of imidazole rings is 1. The fourth-order valence-electron chi connectivity index (χ4n) is 2.73. The highest BCUT2D eigenvalue weighted by Gasteiger charge is 2.21. The van der Waals surface area contributed by atoms with Crippen LogP contribution in [0.3, 0.4) is 0 Å². The Morgan fingerprint density at radius 2 is 2.00 bits per heavy atom. The Kier molecular flexibility index (Phi) is 5.48. The standard InChI is InChI=1S/C20H18FN3O3S/c21-14-7-5-13(6-8-14)16-10-23-20(24-16)28-12-19(25)22-9-15-11-26-17-3-1-2-4-18(17)27-15/h1-8,10,15H,9,11-12H2,(H,22,25)(H,23,24). The van der Waals surface area contributed by atoms with Gasteiger partial charge in [0.2, 0.25) is 5.91 Å². The number of amides is 1. The Hall–Kier alpha value is -3.00. The van der Waals surface area contributed by atoms with E-state index in [0.29, 0.717) is 24.1 Å². The minimum atomic E-state index is -0.287. The quantitative estimate of drug-likeness (QED) is 0.622. The van der Waals surface area contributed by atoms with Gasteiger partial charge < -0.3 is 19.8 Å². The molecule has 2 N–H and O–H groups in total. The maximum atomic E-state index is 13.0. The van der Waals surface area contributed by atoms with Gasteiger partial charge in [0.1, 0.15) is 18.5 Å². The zero-order chi connectivity index (χ0) is 19.3. The lowest BCUT2D eigenvalue weighted by atomic mass is 10.2. The molecule has 28 heavy (non-hydrogen) atoms. The van der Waals surface area contributed by atoms with Crippen LogP contribution in [0.15, 0.2) is 59.9 Å². The Morgan fingerprint density at radius 3 is 2.82 bits per heavy atom. The van der Waals surface area contributed by atoms with E-state index in [4.69, 9.17) is 9.47 Å². The van der Waals surface area contributed by atoms with Crippen LogP contribution < -0.4 is 14.8 Å². The van der Waals surface area contributed by atoms with E-state index in [1.54, 1.807) is 18.3 Å². The summed E-state index contributed by atoms with van der Waals surface area (Å²) in [6.45, 7) is 0.760. The minimum absolute atomic E-state index is 0.118. The van der Waals surface area contributed by atoms with Crippen LogP contribution in [0.25, 0.3) is 11.3 Å². The molecule has 0 fully saturated rings. The molecule has 8 heteroatoms. The first kappa shape index (κ1) is 18.4. The molecule has 0 aliphatic carbocycles. The highest BCUT2D eigenvalue weighted by molar-refractivity contribution is 7.99. The van der Waals surface area contributed by atoms with Crippen molar-refractivity contribution in [3.63, 3.8) is 0 Å². The van der Waals surface area contributed by atoms with Gasteiger partial charge in [0.05, 0.1) is 24.2 Å². The minimum Gasteiger partial charge on any atom is -0.486 e. The molecule has 4 rings (SSSR count). The third-order valence-corrected chi connectivity index (χ3v) is 5.03. The maximum Gasteiger partial charge on any atom is 0.230 e. The fourth-order valence-corrected chi connectivity index (χ4v) is 3.41. The third kappa shape index (κ3) is 4.45. The Labute approximate surface area is 165 Å². The molecule has 0 bridgehead atoms. The molecule has 0 saturated carbocycles. The summed E-state index contributed by atoms with van der Waals surface area (Å²) in [6, 6.07) is 13.6. The molecule has 1 aromatic heterocycles. The number of aromatic nitrogens is 2. The van der Waals surface area contributed by atoms with Crippen molar-refractivity contribution in [3.8, 4) is 22.8 Å². The van der Waals surface area contributed by atoms with E-state index in [0.717, 1.165) is 17.0 Å². The number of nitrogens with one attached hydrogen (secondary N) is 2. The SMILES string of the molecule is O=C(CSc1ncc(-c2ccc(F)cc2)[nH]1)NCC1COc2ccccc2O1. The van der Waals surface area contributed by atoms with Gasteiger partial charge in [-0.15, -0.1) is 0 Å². The van der Waals surface area contributed by atoms with Gasteiger partial charge in [0.15, 0.2) is 16.7 Å². The van der Waals surface area contributed by atoms with Crippen LogP contribution in [0, 0.1) is 5.82 Å². The van der Waals surface area contributed by atoms with Crippen molar-refractivity contribution in [3.05, 3.63) is 60.5 Å². The van der Waals surface area contributed by atoms with Gasteiger partial charge in [-0.25, -0.2) is 9.37 Å². The second kappa shape index (κ2) is 8.35. The van der Waals surface area contributed by atoms with Gasteiger partial charge in [-0.3, -0.25) is 4.79 Å². The van der Waals surface area contributed by atoms with E-state index in [-0.39, 0.29) is 23.6 Å². The van der Waals surface area contributed by atoms with E-state index < -0.39 is 0 Å². The van der Waals surface area contributed by atoms with Gasteiger partial charge in [-0.2, -0.15) is 0 Å². The second-order valence-corrected chi connectivity index (χ2v) is 7.16. The highest BCUT2D eigenvalue weighted by Crippen LogP contribution is 2.30. The summed E-state index contributed by atoms with van der Waals surface area (Å²) < 4.78 is 24.5. The van der Waals surface area contributed by atoms with Gasteiger partial charge in [0, 0.05) is 0 Å². The van der Waals surface area contributed by atoms with Crippen LogP contribution in [0.5, 0.6) is 11.5 Å². The van der Waals surface area contributed by atoms with Crippen molar-refractivity contribution in [2.24, 2.45) is 0 Å². The molecule has 0 saturated heterocycles. The van der Waals surface area contributed by atoms with Gasteiger partial charge in [-0.05, 0) is 42.0 Å². The predicted molar refractivity (Wildman–Crippen MR) is 104 cm³/mol. The molecule has 2 aromatic carbocycles. The smallest absolute Gasteiger partial charge is 0.230 e. The monoisotopic (exact) mass is 399 g/mol. The van der Waals surface area contributed by atoms with Crippen molar-refractivity contribution < 1.29 is 18.7 Å². The lowest BCUT2D eigenvalue weighted by Gasteiger charge is -2.26. The Morgan fingerprint density at radius 1 is 1.21 bits per heavy atom. The van der Waals surface area contributed by atoms with E-state index in [9.17, 15) is 9.18 Å². The number of hydrogen-bond acceptors (Lipinski definition) is 5. The number of aromatic amines is 1. The van der Waals surface area contributed by atoms with Crippen LogP contribution in [-0.2, 0) is 4.79 Å². The number of carbonyl (C=O) groups is 1. The molecular formula is C20H18FN3O3S. The third-order valence-electron chi connectivity index (χ3n) is 4.14. The molecule has 1 aliphatic heterocycles. The second-order valence-electron chi connectivity index (χ2n) is 6.20. The van der Waals surface area contributed by atoms with E-state index in [2.05, 4.69) is 15.3 Å². The van der Waals surface area contributed by atoms with E-state index >= 15 is 0 Å². The average molecular weight is 399 g/mol. The van der Waals surface area contributed by atoms with Crippen molar-refractivity contribution in [1.29, 1.82) is 0 Å². The number of ether oxygens (including phenoxy) is 2. The molecule has 0 spiro atoms. The Balaban J connectivity index is 1.24. The molecule has 1 unspecified atom stereocenters. The molecule has 1 atom stereocenters. The number of fused-ring (bicyclic) bond motifs is 1. The summed E-state index contributed by atoms with van der Waals surface area (Å²) in [4.78, 5) is 19.5. The van der Waals surface area contributed by atoms with Crippen molar-refractivity contribution >= 4 is 17.7 Å². The van der Waals surface area contributed by atoms with E-state index in [1.807, 2.05) is 24.3 Å². The maximum absolute atomic E-state index is 13.0. The Bertz CT molecular complexity index is 961. The van der Waals surface area contributed by atoms with Gasteiger partial charge in [0.25, 0.3) is 0 Å². The highest BCUT2D eigenvalue weighted by atomic mass is 32.2. The van der Waals surface area contributed by atoms with Gasteiger partial charge in [-0.1, -0.05) is 23.9 Å². The summed E-state index contributed by atoms with van der Waals surface area (Å²) in [5.41, 5.74) is 1.61. The molecule has 2 heterocycles. The first-order chi connectivity index (χ1) is 13.7. The number of para-hydroxylation sites is 2. The van der Waals surface area contributed by atoms with Crippen molar-refractivity contribution in [2.75, 3.05) is 18.9 Å². The number of rotatable bonds is 6. The average Bonchev–Trinajstić information content (AvgIpc) is 3.20. The summed E-state index contributed by atoms with van der Waals surface area (Å²) in [5, 5.41) is 3.48. The fraction of sp³-hybridized carbons (Fsp3) is 0.200. The van der Waals surface area contributed by atoms with Crippen LogP contribution in [0.1, 0.15) is 0 Å². The normalized spacial score (nSPS) is 15.2. The molecule has 0 radical (unpaired) electrons. The number of H-pyrrole nitrogens is 1. The number of halogens is 1. The molecule has 3 aromatic rings. The number of hydrogen-bond donors (Lipinski definition) is 2. The van der Waals surface area contributed by atoms with Gasteiger partial charge >= 0.3 is 0 Å². The van der Waals surface area contributed by atoms with Crippen LogP contribution in [0.2, 0.25) is 0 Å². The topological polar surface area (TPSA) is 76.2 Å². The predicted octanol–water partition coefficient (Wildman–Crippen LogP) is 3.26. The number of nitrogens with zero attached hydrogens (tertiary/aromatic N) is 1. The van der Waals surface area contributed by atoms with Crippen LogP contribution in [-0.4, -0.2) is 40.9 Å². The lowest BCUT2D eigenvalue weighted by Crippen LogP contribution is -2.41. The van der Waals surface area contributed by atoms with Crippen molar-refractivity contribution in [2.45, 2.75) is 11.3 Å². The summed E-state index contributed by atoms with van der Waals surface area (Å²) in [5.74, 6) is 1.22. The molecule has 6 nitrogen and oxygen atoms in total. The zero-order valence-electron chi connectivity index (χ0n) is 14.9. The molecule has 144 valence electrons. The largest absolute Gasteiger partial charge is 0.486 e. The lowest BCUT2D eigenvalue weighted by molar-refractivity contribution is -0.119. The van der Waals surface area contributed by atoms with E-state index in [1.165, 1.54) is 23.9 Å². The zero-order valence-corrected chi connectivity index (χ0v) is 15.7.